The van der Waals surface area contributed by atoms with Gasteiger partial charge >= 0.3 is 0 Å². The second-order valence-corrected chi connectivity index (χ2v) is 7.24. The van der Waals surface area contributed by atoms with Crippen LogP contribution in [0.25, 0.3) is 16.5 Å². The van der Waals surface area contributed by atoms with Gasteiger partial charge in [0.1, 0.15) is 11.6 Å². The van der Waals surface area contributed by atoms with Gasteiger partial charge in [0, 0.05) is 22.6 Å². The highest BCUT2D eigenvalue weighted by Gasteiger charge is 2.14. The highest BCUT2D eigenvalue weighted by atomic mass is 19.1. The lowest BCUT2D eigenvalue weighted by Gasteiger charge is -2.10. The normalized spacial score (nSPS) is 11.2. The van der Waals surface area contributed by atoms with Crippen LogP contribution in [0.2, 0.25) is 0 Å². The number of carbonyl (C=O) groups is 1. The van der Waals surface area contributed by atoms with Gasteiger partial charge in [-0.25, -0.2) is 9.82 Å². The largest absolute Gasteiger partial charge is 0.496 e. The molecule has 31 heavy (non-hydrogen) atoms. The number of fused-ring (bicyclic) bond motifs is 1. The molecule has 4 rings (SSSR count). The number of aromatic nitrogens is 1. The Kier molecular flexibility index (Phi) is 5.54. The average Bonchev–Trinajstić information content (AvgIpc) is 3.05. The number of nitrogens with one attached hydrogen (secondary N) is 1. The molecule has 1 heterocycles. The molecule has 1 N–H and O–H groups in total. The molecule has 4 aromatic rings. The van der Waals surface area contributed by atoms with E-state index >= 15 is 0 Å². The summed E-state index contributed by atoms with van der Waals surface area (Å²) in [6, 6.07) is 19.7. The molecule has 0 saturated carbocycles. The SMILES string of the molecule is COc1cc2ccccc2cc1C(=O)NN=Cc1cc(C)n(-c2cccc(F)c2)c1C. The molecular formula is C25H22FN3O2. The minimum atomic E-state index is -0.363. The maximum atomic E-state index is 13.6. The van der Waals surface area contributed by atoms with Gasteiger partial charge in [0.05, 0.1) is 18.9 Å². The molecule has 1 aromatic heterocycles. The number of amides is 1. The van der Waals surface area contributed by atoms with Crippen LogP contribution in [0.1, 0.15) is 27.3 Å². The van der Waals surface area contributed by atoms with Crippen molar-refractivity contribution in [2.75, 3.05) is 7.11 Å². The lowest BCUT2D eigenvalue weighted by atomic mass is 10.1. The van der Waals surface area contributed by atoms with E-state index in [-0.39, 0.29) is 11.7 Å². The first-order valence-corrected chi connectivity index (χ1v) is 9.83. The van der Waals surface area contributed by atoms with Crippen molar-refractivity contribution >= 4 is 22.9 Å². The van der Waals surface area contributed by atoms with Gasteiger partial charge in [0.25, 0.3) is 5.91 Å². The van der Waals surface area contributed by atoms with Crippen LogP contribution in [0.4, 0.5) is 4.39 Å². The molecule has 0 spiro atoms. The predicted octanol–water partition coefficient (Wildman–Crippen LogP) is 5.16. The molecule has 0 atom stereocenters. The molecule has 0 unspecified atom stereocenters. The monoisotopic (exact) mass is 415 g/mol. The van der Waals surface area contributed by atoms with Crippen LogP contribution in [-0.2, 0) is 0 Å². The zero-order chi connectivity index (χ0) is 22.0. The van der Waals surface area contributed by atoms with Gasteiger partial charge in [-0.3, -0.25) is 4.79 Å². The Bertz CT molecular complexity index is 1310. The number of nitrogens with zero attached hydrogens (tertiary/aromatic N) is 2. The van der Waals surface area contributed by atoms with Gasteiger partial charge in [0.15, 0.2) is 0 Å². The number of halogens is 1. The summed E-state index contributed by atoms with van der Waals surface area (Å²) in [6.07, 6.45) is 1.59. The average molecular weight is 415 g/mol. The van der Waals surface area contributed by atoms with Crippen molar-refractivity contribution < 1.29 is 13.9 Å². The Labute approximate surface area is 179 Å². The molecule has 156 valence electrons. The second-order valence-electron chi connectivity index (χ2n) is 7.24. The molecule has 0 saturated heterocycles. The van der Waals surface area contributed by atoms with Crippen molar-refractivity contribution in [2.24, 2.45) is 5.10 Å². The fraction of sp³-hybridized carbons (Fsp3) is 0.120. The number of ether oxygens (including phenoxy) is 1. The number of hydrogen-bond acceptors (Lipinski definition) is 3. The van der Waals surface area contributed by atoms with Gasteiger partial charge in [-0.15, -0.1) is 0 Å². The van der Waals surface area contributed by atoms with E-state index in [2.05, 4.69) is 10.5 Å². The summed E-state index contributed by atoms with van der Waals surface area (Å²) in [5.74, 6) is -0.176. The first-order chi connectivity index (χ1) is 15.0. The van der Waals surface area contributed by atoms with E-state index in [9.17, 15) is 9.18 Å². The zero-order valence-electron chi connectivity index (χ0n) is 17.5. The summed E-state index contributed by atoms with van der Waals surface area (Å²) in [4.78, 5) is 12.7. The maximum Gasteiger partial charge on any atom is 0.275 e. The van der Waals surface area contributed by atoms with Crippen LogP contribution < -0.4 is 10.2 Å². The summed E-state index contributed by atoms with van der Waals surface area (Å²) >= 11 is 0. The smallest absolute Gasteiger partial charge is 0.275 e. The number of hydrazone groups is 1. The molecule has 5 nitrogen and oxygen atoms in total. The number of methoxy groups -OCH3 is 1. The minimum absolute atomic E-state index is 0.295. The van der Waals surface area contributed by atoms with E-state index in [4.69, 9.17) is 4.74 Å². The third-order valence-electron chi connectivity index (χ3n) is 5.22. The molecule has 0 radical (unpaired) electrons. The van der Waals surface area contributed by atoms with E-state index in [1.54, 1.807) is 18.3 Å². The third-order valence-corrected chi connectivity index (χ3v) is 5.22. The summed E-state index contributed by atoms with van der Waals surface area (Å²) in [5, 5.41) is 6.06. The van der Waals surface area contributed by atoms with Crippen molar-refractivity contribution in [2.45, 2.75) is 13.8 Å². The number of hydrogen-bond donors (Lipinski definition) is 1. The second kappa shape index (κ2) is 8.44. The van der Waals surface area contributed by atoms with E-state index in [1.165, 1.54) is 19.2 Å². The van der Waals surface area contributed by atoms with E-state index in [0.29, 0.717) is 11.3 Å². The van der Waals surface area contributed by atoms with Crippen molar-refractivity contribution in [3.63, 3.8) is 0 Å². The summed E-state index contributed by atoms with van der Waals surface area (Å²) in [5.41, 5.74) is 6.37. The first kappa shape index (κ1) is 20.3. The molecule has 0 aliphatic rings. The number of aryl methyl sites for hydroxylation is 1. The van der Waals surface area contributed by atoms with Crippen LogP contribution in [-0.4, -0.2) is 23.8 Å². The van der Waals surface area contributed by atoms with Crippen molar-refractivity contribution in [1.82, 2.24) is 9.99 Å². The van der Waals surface area contributed by atoms with Crippen molar-refractivity contribution in [1.29, 1.82) is 0 Å². The Morgan fingerprint density at radius 1 is 1.03 bits per heavy atom. The summed E-state index contributed by atoms with van der Waals surface area (Å²) < 4.78 is 21.0. The molecular weight excluding hydrogens is 393 g/mol. The molecule has 0 aliphatic carbocycles. The van der Waals surface area contributed by atoms with Crippen LogP contribution in [0.15, 0.2) is 71.8 Å². The first-order valence-electron chi connectivity index (χ1n) is 9.83. The van der Waals surface area contributed by atoms with Crippen molar-refractivity contribution in [3.8, 4) is 11.4 Å². The number of carbonyl (C=O) groups excluding carboxylic acids is 1. The molecule has 6 heteroatoms. The third kappa shape index (κ3) is 4.05. The fourth-order valence-corrected chi connectivity index (χ4v) is 3.72. The van der Waals surface area contributed by atoms with Crippen molar-refractivity contribution in [3.05, 3.63) is 95.1 Å². The minimum Gasteiger partial charge on any atom is -0.496 e. The lowest BCUT2D eigenvalue weighted by molar-refractivity contribution is 0.0952. The molecule has 3 aromatic carbocycles. The van der Waals surface area contributed by atoms with Gasteiger partial charge in [0.2, 0.25) is 0 Å². The van der Waals surface area contributed by atoms with Crippen LogP contribution >= 0.6 is 0 Å². The van der Waals surface area contributed by atoms with Crippen LogP contribution in [0, 0.1) is 19.7 Å². The van der Waals surface area contributed by atoms with Gasteiger partial charge in [-0.1, -0.05) is 30.3 Å². The summed E-state index contributed by atoms with van der Waals surface area (Å²) in [6.45, 7) is 3.86. The Morgan fingerprint density at radius 2 is 1.77 bits per heavy atom. The zero-order valence-corrected chi connectivity index (χ0v) is 17.5. The highest BCUT2D eigenvalue weighted by Crippen LogP contribution is 2.26. The predicted molar refractivity (Wildman–Crippen MR) is 121 cm³/mol. The van der Waals surface area contributed by atoms with E-state index in [1.807, 2.05) is 60.9 Å². The lowest BCUT2D eigenvalue weighted by Crippen LogP contribution is -2.18. The number of rotatable bonds is 5. The van der Waals surface area contributed by atoms with Crippen LogP contribution in [0.5, 0.6) is 5.75 Å². The van der Waals surface area contributed by atoms with Gasteiger partial charge < -0.3 is 9.30 Å². The van der Waals surface area contributed by atoms with E-state index in [0.717, 1.165) is 33.4 Å². The Balaban J connectivity index is 1.57. The van der Waals surface area contributed by atoms with Gasteiger partial charge in [-0.2, -0.15) is 5.10 Å². The molecule has 0 bridgehead atoms. The van der Waals surface area contributed by atoms with Crippen LogP contribution in [0.3, 0.4) is 0 Å². The Hall–Kier alpha value is -3.93. The van der Waals surface area contributed by atoms with Gasteiger partial charge in [-0.05, 0) is 61.0 Å². The topological polar surface area (TPSA) is 55.6 Å². The molecule has 1 amide bonds. The molecule has 0 fully saturated rings. The summed E-state index contributed by atoms with van der Waals surface area (Å²) in [7, 11) is 1.53. The molecule has 0 aliphatic heterocycles. The Morgan fingerprint density at radius 3 is 2.48 bits per heavy atom. The fourth-order valence-electron chi connectivity index (χ4n) is 3.72. The van der Waals surface area contributed by atoms with E-state index < -0.39 is 0 Å². The number of benzene rings is 3. The maximum absolute atomic E-state index is 13.6. The quantitative estimate of drug-likeness (QED) is 0.362. The highest BCUT2D eigenvalue weighted by molar-refractivity contribution is 6.02. The standard InChI is InChI=1S/C25H22FN3O2/c1-16-11-20(17(2)29(16)22-10-6-9-21(26)14-22)15-27-28-25(30)23-12-18-7-4-5-8-19(18)13-24(23)31-3/h4-15H,1-3H3,(H,28,30).